The van der Waals surface area contributed by atoms with Crippen molar-refractivity contribution in [1.82, 2.24) is 9.78 Å². The predicted octanol–water partition coefficient (Wildman–Crippen LogP) is 3.71. The van der Waals surface area contributed by atoms with Crippen molar-refractivity contribution in [2.45, 2.75) is 11.8 Å². The normalized spacial score (nSPS) is 11.7. The van der Waals surface area contributed by atoms with Crippen molar-refractivity contribution in [3.63, 3.8) is 0 Å². The maximum atomic E-state index is 9.99. The van der Waals surface area contributed by atoms with Gasteiger partial charge in [-0.3, -0.25) is 0 Å². The highest BCUT2D eigenvalue weighted by Crippen LogP contribution is 2.41. The summed E-state index contributed by atoms with van der Waals surface area (Å²) in [5.74, 6) is 0. The quantitative estimate of drug-likeness (QED) is 0.423. The van der Waals surface area contributed by atoms with E-state index in [9.17, 15) is 10.2 Å². The van der Waals surface area contributed by atoms with E-state index in [4.69, 9.17) is 0 Å². The maximum absolute atomic E-state index is 9.99. The molecule has 0 fully saturated rings. The summed E-state index contributed by atoms with van der Waals surface area (Å²) in [4.78, 5) is 0. The fourth-order valence-electron chi connectivity index (χ4n) is 3.69. The van der Waals surface area contributed by atoms with Gasteiger partial charge < -0.3 is 10.2 Å². The second-order valence-electron chi connectivity index (χ2n) is 6.35. The SMILES string of the molecule is OC(O)c1ccnn1C(c1ccccc1)(c1ccccc1)c1ccccc1. The zero-order valence-corrected chi connectivity index (χ0v) is 14.7. The van der Waals surface area contributed by atoms with Crippen LogP contribution >= 0.6 is 0 Å². The molecule has 0 aliphatic rings. The second kappa shape index (κ2) is 7.19. The first-order valence-electron chi connectivity index (χ1n) is 8.81. The van der Waals surface area contributed by atoms with Crippen LogP contribution in [0.15, 0.2) is 103 Å². The molecular formula is C23H20N2O2. The smallest absolute Gasteiger partial charge is 0.195 e. The van der Waals surface area contributed by atoms with Gasteiger partial charge in [0.25, 0.3) is 0 Å². The van der Waals surface area contributed by atoms with Crippen molar-refractivity contribution >= 4 is 0 Å². The number of rotatable bonds is 5. The van der Waals surface area contributed by atoms with E-state index < -0.39 is 11.8 Å². The van der Waals surface area contributed by atoms with Crippen molar-refractivity contribution in [2.75, 3.05) is 0 Å². The van der Waals surface area contributed by atoms with E-state index >= 15 is 0 Å². The van der Waals surface area contributed by atoms with Gasteiger partial charge in [0, 0.05) is 6.20 Å². The van der Waals surface area contributed by atoms with Gasteiger partial charge in [0.15, 0.2) is 6.29 Å². The van der Waals surface area contributed by atoms with Crippen LogP contribution in [0.3, 0.4) is 0 Å². The Morgan fingerprint density at radius 1 is 0.630 bits per heavy atom. The Labute approximate surface area is 158 Å². The largest absolute Gasteiger partial charge is 0.363 e. The number of aliphatic hydroxyl groups excluding tert-OH is 1. The predicted molar refractivity (Wildman–Crippen MR) is 104 cm³/mol. The van der Waals surface area contributed by atoms with E-state index in [1.54, 1.807) is 16.9 Å². The molecule has 0 bridgehead atoms. The number of aliphatic hydroxyl groups is 2. The van der Waals surface area contributed by atoms with E-state index in [-0.39, 0.29) is 0 Å². The second-order valence-corrected chi connectivity index (χ2v) is 6.35. The third-order valence-corrected chi connectivity index (χ3v) is 4.83. The molecule has 27 heavy (non-hydrogen) atoms. The van der Waals surface area contributed by atoms with E-state index in [1.165, 1.54) is 0 Å². The highest BCUT2D eigenvalue weighted by atomic mass is 16.5. The zero-order chi connectivity index (χ0) is 18.7. The topological polar surface area (TPSA) is 58.3 Å². The molecule has 0 aliphatic heterocycles. The zero-order valence-electron chi connectivity index (χ0n) is 14.7. The summed E-state index contributed by atoms with van der Waals surface area (Å²) in [6, 6.07) is 31.6. The fraction of sp³-hybridized carbons (Fsp3) is 0.0870. The highest BCUT2D eigenvalue weighted by molar-refractivity contribution is 5.50. The Morgan fingerprint density at radius 3 is 1.41 bits per heavy atom. The van der Waals surface area contributed by atoms with Crippen LogP contribution in [0.1, 0.15) is 28.7 Å². The Hall–Kier alpha value is -3.21. The van der Waals surface area contributed by atoms with Crippen molar-refractivity contribution < 1.29 is 10.2 Å². The number of hydrogen-bond donors (Lipinski definition) is 2. The lowest BCUT2D eigenvalue weighted by Gasteiger charge is -2.37. The summed E-state index contributed by atoms with van der Waals surface area (Å²) in [5, 5.41) is 24.5. The molecule has 0 unspecified atom stereocenters. The number of aromatic nitrogens is 2. The van der Waals surface area contributed by atoms with Gasteiger partial charge in [-0.25, -0.2) is 4.68 Å². The van der Waals surface area contributed by atoms with Crippen LogP contribution in [-0.2, 0) is 5.54 Å². The third-order valence-electron chi connectivity index (χ3n) is 4.83. The van der Waals surface area contributed by atoms with Gasteiger partial charge in [0.1, 0.15) is 5.54 Å². The molecule has 3 aromatic carbocycles. The van der Waals surface area contributed by atoms with Gasteiger partial charge in [-0.1, -0.05) is 91.0 Å². The lowest BCUT2D eigenvalue weighted by atomic mass is 9.77. The minimum Gasteiger partial charge on any atom is -0.363 e. The van der Waals surface area contributed by atoms with E-state index in [2.05, 4.69) is 5.10 Å². The molecule has 134 valence electrons. The average Bonchev–Trinajstić information content (AvgIpc) is 3.22. The first-order valence-corrected chi connectivity index (χ1v) is 8.81. The molecule has 1 heterocycles. The molecule has 0 aliphatic carbocycles. The van der Waals surface area contributed by atoms with Crippen molar-refractivity contribution in [3.8, 4) is 0 Å². The van der Waals surface area contributed by atoms with Gasteiger partial charge in [0.2, 0.25) is 0 Å². The Morgan fingerprint density at radius 2 is 1.04 bits per heavy atom. The molecule has 2 N–H and O–H groups in total. The van der Waals surface area contributed by atoms with Crippen molar-refractivity contribution in [3.05, 3.63) is 126 Å². The Balaban J connectivity index is 2.15. The van der Waals surface area contributed by atoms with Crippen molar-refractivity contribution in [1.29, 1.82) is 0 Å². The minimum absolute atomic E-state index is 0.326. The molecule has 4 nitrogen and oxygen atoms in total. The van der Waals surface area contributed by atoms with E-state index in [1.807, 2.05) is 91.0 Å². The molecule has 4 rings (SSSR count). The van der Waals surface area contributed by atoms with Gasteiger partial charge in [0.05, 0.1) is 5.69 Å². The Kier molecular flexibility index (Phi) is 4.59. The number of nitrogens with zero attached hydrogens (tertiary/aromatic N) is 2. The molecule has 0 atom stereocenters. The third kappa shape index (κ3) is 2.85. The minimum atomic E-state index is -1.64. The summed E-state index contributed by atoms with van der Waals surface area (Å²) in [6.45, 7) is 0. The van der Waals surface area contributed by atoms with Crippen LogP contribution in [-0.4, -0.2) is 20.0 Å². The monoisotopic (exact) mass is 356 g/mol. The molecule has 1 aromatic heterocycles. The lowest BCUT2D eigenvalue weighted by Crippen LogP contribution is -2.40. The van der Waals surface area contributed by atoms with Gasteiger partial charge in [-0.15, -0.1) is 0 Å². The van der Waals surface area contributed by atoms with E-state index in [0.717, 1.165) is 16.7 Å². The van der Waals surface area contributed by atoms with Crippen LogP contribution in [0.2, 0.25) is 0 Å². The first-order chi connectivity index (χ1) is 13.2. The average molecular weight is 356 g/mol. The summed E-state index contributed by atoms with van der Waals surface area (Å²) in [7, 11) is 0. The van der Waals surface area contributed by atoms with Crippen LogP contribution in [0.5, 0.6) is 0 Å². The van der Waals surface area contributed by atoms with Crippen molar-refractivity contribution in [2.24, 2.45) is 0 Å². The first kappa shape index (κ1) is 17.2. The molecule has 4 aromatic rings. The molecule has 0 amide bonds. The van der Waals surface area contributed by atoms with Gasteiger partial charge in [-0.2, -0.15) is 5.10 Å². The molecule has 0 saturated heterocycles. The molecule has 0 spiro atoms. The summed E-state index contributed by atoms with van der Waals surface area (Å²) in [6.07, 6.45) is -0.0405. The highest BCUT2D eigenvalue weighted by Gasteiger charge is 2.41. The van der Waals surface area contributed by atoms with Crippen LogP contribution in [0.4, 0.5) is 0 Å². The van der Waals surface area contributed by atoms with Crippen LogP contribution < -0.4 is 0 Å². The summed E-state index contributed by atoms with van der Waals surface area (Å²) < 4.78 is 1.71. The molecule has 0 saturated carbocycles. The molecule has 0 radical (unpaired) electrons. The fourth-order valence-corrected chi connectivity index (χ4v) is 3.69. The lowest BCUT2D eigenvalue weighted by molar-refractivity contribution is -0.0503. The van der Waals surface area contributed by atoms with Gasteiger partial charge in [-0.05, 0) is 22.8 Å². The maximum Gasteiger partial charge on any atom is 0.195 e. The standard InChI is InChI=1S/C23H20N2O2/c26-22(27)21-16-17-24-25(21)23(18-10-4-1-5-11-18,19-12-6-2-7-13-19)20-14-8-3-9-15-20/h1-17,22,26-27H. The summed E-state index contributed by atoms with van der Waals surface area (Å²) in [5.41, 5.74) is 2.42. The van der Waals surface area contributed by atoms with Crippen LogP contribution in [0.25, 0.3) is 0 Å². The van der Waals surface area contributed by atoms with E-state index in [0.29, 0.717) is 5.69 Å². The Bertz CT molecular complexity index is 900. The number of benzene rings is 3. The van der Waals surface area contributed by atoms with Gasteiger partial charge >= 0.3 is 0 Å². The summed E-state index contributed by atoms with van der Waals surface area (Å²) >= 11 is 0. The van der Waals surface area contributed by atoms with Crippen LogP contribution in [0, 0.1) is 0 Å². The number of hydrogen-bond acceptors (Lipinski definition) is 3. The molecular weight excluding hydrogens is 336 g/mol. The molecule has 4 heteroatoms.